The maximum atomic E-state index is 13.2. The van der Waals surface area contributed by atoms with E-state index in [4.69, 9.17) is 4.74 Å². The molecule has 0 radical (unpaired) electrons. The molecule has 2 atom stereocenters. The Morgan fingerprint density at radius 3 is 2.30 bits per heavy atom. The van der Waals surface area contributed by atoms with Crippen molar-refractivity contribution in [2.24, 2.45) is 0 Å². The molecular formula is C22H22O8. The maximum absolute atomic E-state index is 13.2. The number of methoxy groups -OCH3 is 1. The highest BCUT2D eigenvalue weighted by atomic mass is 16.5. The van der Waals surface area contributed by atoms with E-state index in [1.807, 2.05) is 0 Å². The third kappa shape index (κ3) is 2.51. The molecule has 0 aromatic heterocycles. The molecular weight excluding hydrogens is 392 g/mol. The van der Waals surface area contributed by atoms with Crippen molar-refractivity contribution in [2.45, 2.75) is 44.0 Å². The molecule has 5 N–H and O–H groups in total. The van der Waals surface area contributed by atoms with E-state index in [0.717, 1.165) is 0 Å². The largest absolute Gasteiger partial charge is 0.507 e. The average Bonchev–Trinajstić information content (AvgIpc) is 2.66. The third-order valence-corrected chi connectivity index (χ3v) is 6.23. The van der Waals surface area contributed by atoms with Gasteiger partial charge in [-0.3, -0.25) is 9.59 Å². The lowest BCUT2D eigenvalue weighted by Crippen LogP contribution is -2.54. The van der Waals surface area contributed by atoms with Crippen LogP contribution in [0, 0.1) is 0 Å². The molecule has 2 aliphatic carbocycles. The molecule has 8 nitrogen and oxygen atoms in total. The van der Waals surface area contributed by atoms with Crippen LogP contribution in [0.1, 0.15) is 69.3 Å². The van der Waals surface area contributed by atoms with Crippen LogP contribution in [0.4, 0.5) is 0 Å². The van der Waals surface area contributed by atoms with Gasteiger partial charge in [-0.15, -0.1) is 0 Å². The van der Waals surface area contributed by atoms with Crippen molar-refractivity contribution in [1.82, 2.24) is 0 Å². The average molecular weight is 414 g/mol. The number of rotatable bonds is 2. The number of hydrogen-bond acceptors (Lipinski definition) is 8. The van der Waals surface area contributed by atoms with E-state index in [1.54, 1.807) is 0 Å². The second kappa shape index (κ2) is 6.28. The number of fused-ring (bicyclic) bond motifs is 3. The maximum Gasteiger partial charge on any atom is 0.202 e. The van der Waals surface area contributed by atoms with Crippen molar-refractivity contribution >= 4 is 11.6 Å². The zero-order valence-corrected chi connectivity index (χ0v) is 16.7. The molecule has 4 rings (SSSR count). The second-order valence-corrected chi connectivity index (χ2v) is 8.37. The summed E-state index contributed by atoms with van der Waals surface area (Å²) in [5, 5.41) is 53.8. The first-order valence-electron chi connectivity index (χ1n) is 9.42. The smallest absolute Gasteiger partial charge is 0.202 e. The Bertz CT molecular complexity index is 1110. The fraction of sp³-hybridized carbons (Fsp3) is 0.364. The molecule has 2 aliphatic rings. The molecule has 0 saturated carbocycles. The first-order valence-corrected chi connectivity index (χ1v) is 9.42. The molecule has 0 fully saturated rings. The lowest BCUT2D eigenvalue weighted by molar-refractivity contribution is -0.154. The predicted octanol–water partition coefficient (Wildman–Crippen LogP) is 1.36. The summed E-state index contributed by atoms with van der Waals surface area (Å²) in [5.41, 5.74) is -4.54. The first kappa shape index (κ1) is 20.3. The molecule has 0 bridgehead atoms. The Morgan fingerprint density at radius 2 is 1.70 bits per heavy atom. The molecule has 0 aliphatic heterocycles. The van der Waals surface area contributed by atoms with Crippen LogP contribution in [-0.2, 0) is 6.42 Å². The number of aliphatic hydroxyl groups is 3. The highest BCUT2D eigenvalue weighted by Gasteiger charge is 2.51. The van der Waals surface area contributed by atoms with E-state index in [-0.39, 0.29) is 40.8 Å². The van der Waals surface area contributed by atoms with E-state index >= 15 is 0 Å². The minimum Gasteiger partial charge on any atom is -0.507 e. The number of carbonyl (C=O) groups excluding carboxylic acids is 2. The van der Waals surface area contributed by atoms with E-state index < -0.39 is 51.5 Å². The highest BCUT2D eigenvalue weighted by molar-refractivity contribution is 6.31. The summed E-state index contributed by atoms with van der Waals surface area (Å²) >= 11 is 0. The van der Waals surface area contributed by atoms with Crippen molar-refractivity contribution in [3.05, 3.63) is 51.6 Å². The van der Waals surface area contributed by atoms with Gasteiger partial charge in [-0.2, -0.15) is 0 Å². The predicted molar refractivity (Wildman–Crippen MR) is 104 cm³/mol. The third-order valence-electron chi connectivity index (χ3n) is 6.23. The van der Waals surface area contributed by atoms with Crippen molar-refractivity contribution in [1.29, 1.82) is 0 Å². The lowest BCUT2D eigenvalue weighted by Gasteiger charge is -2.44. The topological polar surface area (TPSA) is 145 Å². The summed E-state index contributed by atoms with van der Waals surface area (Å²) in [5.74, 6) is -2.50. The molecule has 0 heterocycles. The molecule has 0 unspecified atom stereocenters. The minimum absolute atomic E-state index is 0.00982. The van der Waals surface area contributed by atoms with Crippen LogP contribution in [0.3, 0.4) is 0 Å². The summed E-state index contributed by atoms with van der Waals surface area (Å²) in [6.45, 7) is 2.72. The quantitative estimate of drug-likeness (QED) is 0.395. The molecule has 2 aromatic rings. The SMILES string of the molecule is COc1cccc2c1C(=O)c1c(O)c3c(c(O)c1C2=O)C[C@@](O)(C(C)(C)O)C[C@@H]3O. The molecule has 0 amide bonds. The van der Waals surface area contributed by atoms with Crippen LogP contribution in [0.2, 0.25) is 0 Å². The Kier molecular flexibility index (Phi) is 4.26. The number of aromatic hydroxyl groups is 2. The van der Waals surface area contributed by atoms with Gasteiger partial charge in [0, 0.05) is 29.5 Å². The van der Waals surface area contributed by atoms with E-state index in [1.165, 1.54) is 39.2 Å². The zero-order chi connectivity index (χ0) is 22.2. The Labute approximate surface area is 172 Å². The highest BCUT2D eigenvalue weighted by Crippen LogP contribution is 2.52. The van der Waals surface area contributed by atoms with Crippen LogP contribution in [0.15, 0.2) is 18.2 Å². The number of aliphatic hydroxyl groups excluding tert-OH is 1. The Hall–Kier alpha value is -2.94. The molecule has 0 saturated heterocycles. The van der Waals surface area contributed by atoms with Crippen molar-refractivity contribution in [3.8, 4) is 17.2 Å². The zero-order valence-electron chi connectivity index (χ0n) is 16.7. The number of ether oxygens (including phenoxy) is 1. The van der Waals surface area contributed by atoms with Gasteiger partial charge < -0.3 is 30.3 Å². The fourth-order valence-corrected chi connectivity index (χ4v) is 4.41. The summed E-state index contributed by atoms with van der Waals surface area (Å²) in [7, 11) is 1.34. The lowest BCUT2D eigenvalue weighted by atomic mass is 9.68. The van der Waals surface area contributed by atoms with Gasteiger partial charge in [-0.05, 0) is 19.9 Å². The fourth-order valence-electron chi connectivity index (χ4n) is 4.41. The molecule has 30 heavy (non-hydrogen) atoms. The van der Waals surface area contributed by atoms with Crippen LogP contribution < -0.4 is 4.74 Å². The number of hydrogen-bond donors (Lipinski definition) is 5. The number of benzene rings is 2. The van der Waals surface area contributed by atoms with Crippen molar-refractivity contribution < 1.29 is 39.9 Å². The number of phenolic OH excluding ortho intramolecular Hbond substituents is 2. The van der Waals surface area contributed by atoms with Crippen LogP contribution >= 0.6 is 0 Å². The van der Waals surface area contributed by atoms with Gasteiger partial charge in [-0.1, -0.05) is 12.1 Å². The number of phenols is 2. The van der Waals surface area contributed by atoms with E-state index in [2.05, 4.69) is 0 Å². The summed E-state index contributed by atoms with van der Waals surface area (Å²) in [6.07, 6.45) is -2.15. The minimum atomic E-state index is -1.83. The summed E-state index contributed by atoms with van der Waals surface area (Å²) in [4.78, 5) is 26.4. The summed E-state index contributed by atoms with van der Waals surface area (Å²) < 4.78 is 5.19. The van der Waals surface area contributed by atoms with Gasteiger partial charge in [0.25, 0.3) is 0 Å². The van der Waals surface area contributed by atoms with Crippen LogP contribution in [0.5, 0.6) is 17.2 Å². The van der Waals surface area contributed by atoms with Gasteiger partial charge in [0.1, 0.15) is 17.2 Å². The standard InChI is InChI=1S/C22H22O8/c1-21(2,28)22(29)7-10-13(11(23)8-22)19(26)16-15(18(10)25)17(24)9-5-4-6-12(30-3)14(9)20(16)27/h4-6,11,23,25-26,28-29H,7-8H2,1-3H3/t11-,22-/m0/s1. The van der Waals surface area contributed by atoms with Gasteiger partial charge >= 0.3 is 0 Å². The van der Waals surface area contributed by atoms with E-state index in [0.29, 0.717) is 0 Å². The van der Waals surface area contributed by atoms with E-state index in [9.17, 15) is 35.1 Å². The monoisotopic (exact) mass is 414 g/mol. The van der Waals surface area contributed by atoms with Gasteiger partial charge in [0.2, 0.25) is 5.78 Å². The molecule has 8 heteroatoms. The van der Waals surface area contributed by atoms with Gasteiger partial charge in [0.15, 0.2) is 5.78 Å². The number of ketones is 2. The Balaban J connectivity index is 2.02. The number of carbonyl (C=O) groups is 2. The molecule has 158 valence electrons. The van der Waals surface area contributed by atoms with Gasteiger partial charge in [-0.25, -0.2) is 0 Å². The molecule has 2 aromatic carbocycles. The van der Waals surface area contributed by atoms with Gasteiger partial charge in [0.05, 0.1) is 41.1 Å². The van der Waals surface area contributed by atoms with Crippen LogP contribution in [-0.4, -0.2) is 55.4 Å². The summed E-state index contributed by atoms with van der Waals surface area (Å²) in [6, 6.07) is 4.45. The van der Waals surface area contributed by atoms with Crippen LogP contribution in [0.25, 0.3) is 0 Å². The molecule has 0 spiro atoms. The second-order valence-electron chi connectivity index (χ2n) is 8.37. The van der Waals surface area contributed by atoms with Crippen molar-refractivity contribution in [3.63, 3.8) is 0 Å². The normalized spacial score (nSPS) is 22.9. The first-order chi connectivity index (χ1) is 13.9. The Morgan fingerprint density at radius 1 is 1.07 bits per heavy atom. The van der Waals surface area contributed by atoms with Crippen molar-refractivity contribution in [2.75, 3.05) is 7.11 Å².